The summed E-state index contributed by atoms with van der Waals surface area (Å²) >= 11 is 3.32. The molecule has 2 aromatic heterocycles. The Balaban J connectivity index is 2.00. The number of hydrogen-bond acceptors (Lipinski definition) is 5. The summed E-state index contributed by atoms with van der Waals surface area (Å²) in [5.74, 6) is -1.23. The van der Waals surface area contributed by atoms with Gasteiger partial charge in [-0.1, -0.05) is 0 Å². The van der Waals surface area contributed by atoms with Gasteiger partial charge in [0.05, 0.1) is 13.2 Å². The number of fused-ring (bicyclic) bond motifs is 1. The lowest BCUT2D eigenvalue weighted by Gasteiger charge is -2.26. The largest absolute Gasteiger partial charge is 0.477 e. The van der Waals surface area contributed by atoms with Gasteiger partial charge in [0.1, 0.15) is 11.2 Å². The van der Waals surface area contributed by atoms with E-state index in [-0.39, 0.29) is 5.56 Å². The van der Waals surface area contributed by atoms with Gasteiger partial charge >= 0.3 is 5.97 Å². The highest BCUT2D eigenvalue weighted by atomic mass is 79.9. The fraction of sp³-hybridized carbons (Fsp3) is 0.400. The second-order valence-electron chi connectivity index (χ2n) is 5.34. The normalized spacial score (nSPS) is 15.9. The number of carboxylic acid groups (broad SMARTS) is 1. The van der Waals surface area contributed by atoms with Crippen LogP contribution >= 0.6 is 15.9 Å². The third-order valence-corrected chi connectivity index (χ3v) is 4.30. The van der Waals surface area contributed by atoms with Crippen molar-refractivity contribution in [3.63, 3.8) is 0 Å². The van der Waals surface area contributed by atoms with Crippen molar-refractivity contribution in [3.8, 4) is 0 Å². The minimum absolute atomic E-state index is 0.237. The molecule has 1 saturated heterocycles. The standard InChI is InChI=1S/C15H16BrN3O4/c16-11-7-10-8-12(15(21)22)14(20)19(13(10)17-9-11)2-1-18-3-5-23-6-4-18/h7-9H,1-6H2,(H,21,22). The first-order chi connectivity index (χ1) is 11.1. The van der Waals surface area contributed by atoms with Gasteiger partial charge in [-0.2, -0.15) is 0 Å². The second-order valence-corrected chi connectivity index (χ2v) is 6.26. The van der Waals surface area contributed by atoms with E-state index in [2.05, 4.69) is 25.8 Å². The Bertz CT molecular complexity index is 799. The highest BCUT2D eigenvalue weighted by Crippen LogP contribution is 2.17. The van der Waals surface area contributed by atoms with E-state index in [1.54, 1.807) is 12.3 Å². The molecule has 23 heavy (non-hydrogen) atoms. The van der Waals surface area contributed by atoms with Crippen LogP contribution in [0.2, 0.25) is 0 Å². The zero-order chi connectivity index (χ0) is 16.4. The van der Waals surface area contributed by atoms with Crippen LogP contribution in [0.4, 0.5) is 0 Å². The summed E-state index contributed by atoms with van der Waals surface area (Å²) in [5.41, 5.74) is -0.260. The molecule has 8 heteroatoms. The zero-order valence-electron chi connectivity index (χ0n) is 12.4. The van der Waals surface area contributed by atoms with E-state index in [0.717, 1.165) is 17.6 Å². The van der Waals surface area contributed by atoms with Crippen LogP contribution in [0.25, 0.3) is 11.0 Å². The number of carbonyl (C=O) groups is 1. The summed E-state index contributed by atoms with van der Waals surface area (Å²) in [4.78, 5) is 30.3. The molecule has 1 N–H and O–H groups in total. The molecule has 0 bridgehead atoms. The fourth-order valence-electron chi connectivity index (χ4n) is 2.67. The van der Waals surface area contributed by atoms with Crippen molar-refractivity contribution < 1.29 is 14.6 Å². The minimum Gasteiger partial charge on any atom is -0.477 e. The first kappa shape index (κ1) is 16.1. The molecule has 1 aliphatic heterocycles. The molecular formula is C15H16BrN3O4. The van der Waals surface area contributed by atoms with E-state index in [0.29, 0.717) is 37.3 Å². The van der Waals surface area contributed by atoms with Crippen molar-refractivity contribution in [2.75, 3.05) is 32.8 Å². The monoisotopic (exact) mass is 381 g/mol. The molecule has 0 unspecified atom stereocenters. The summed E-state index contributed by atoms with van der Waals surface area (Å²) in [5, 5.41) is 9.89. The Labute approximate surface area is 140 Å². The van der Waals surface area contributed by atoms with Crippen LogP contribution in [0.1, 0.15) is 10.4 Å². The number of rotatable bonds is 4. The van der Waals surface area contributed by atoms with Crippen molar-refractivity contribution in [2.24, 2.45) is 0 Å². The Morgan fingerprint density at radius 3 is 2.74 bits per heavy atom. The predicted molar refractivity (Wildman–Crippen MR) is 87.9 cm³/mol. The van der Waals surface area contributed by atoms with Crippen LogP contribution in [-0.4, -0.2) is 58.4 Å². The van der Waals surface area contributed by atoms with E-state index >= 15 is 0 Å². The van der Waals surface area contributed by atoms with E-state index in [9.17, 15) is 14.7 Å². The summed E-state index contributed by atoms with van der Waals surface area (Å²) in [7, 11) is 0. The highest BCUT2D eigenvalue weighted by molar-refractivity contribution is 9.10. The highest BCUT2D eigenvalue weighted by Gasteiger charge is 2.17. The number of aromatic nitrogens is 2. The van der Waals surface area contributed by atoms with Gasteiger partial charge in [0.15, 0.2) is 0 Å². The number of hydrogen-bond donors (Lipinski definition) is 1. The van der Waals surface area contributed by atoms with Crippen LogP contribution in [0.5, 0.6) is 0 Å². The minimum atomic E-state index is -1.23. The Hall–Kier alpha value is -1.77. The van der Waals surface area contributed by atoms with E-state index in [1.807, 2.05) is 0 Å². The third kappa shape index (κ3) is 3.44. The lowest BCUT2D eigenvalue weighted by atomic mass is 10.2. The van der Waals surface area contributed by atoms with Crippen LogP contribution in [-0.2, 0) is 11.3 Å². The number of nitrogens with zero attached hydrogens (tertiary/aromatic N) is 3. The van der Waals surface area contributed by atoms with Gasteiger partial charge in [-0.05, 0) is 28.1 Å². The van der Waals surface area contributed by atoms with Crippen molar-refractivity contribution in [1.29, 1.82) is 0 Å². The van der Waals surface area contributed by atoms with Gasteiger partial charge in [-0.3, -0.25) is 14.3 Å². The number of aromatic carboxylic acids is 1. The Kier molecular flexibility index (Phi) is 4.74. The first-order valence-corrected chi connectivity index (χ1v) is 8.08. The molecule has 0 amide bonds. The van der Waals surface area contributed by atoms with Gasteiger partial charge in [0.2, 0.25) is 0 Å². The Morgan fingerprint density at radius 1 is 1.30 bits per heavy atom. The topological polar surface area (TPSA) is 84.7 Å². The predicted octanol–water partition coefficient (Wildman–Crippen LogP) is 1.19. The maximum atomic E-state index is 12.5. The van der Waals surface area contributed by atoms with Crippen molar-refractivity contribution >= 4 is 32.9 Å². The number of ether oxygens (including phenoxy) is 1. The Morgan fingerprint density at radius 2 is 2.04 bits per heavy atom. The quantitative estimate of drug-likeness (QED) is 0.855. The summed E-state index contributed by atoms with van der Waals surface area (Å²) in [6.45, 7) is 4.02. The molecular weight excluding hydrogens is 366 g/mol. The number of halogens is 1. The molecule has 3 heterocycles. The summed E-state index contributed by atoms with van der Waals surface area (Å²) in [6.07, 6.45) is 1.60. The van der Waals surface area contributed by atoms with Gasteiger partial charge in [-0.25, -0.2) is 9.78 Å². The van der Waals surface area contributed by atoms with E-state index < -0.39 is 11.5 Å². The number of morpholine rings is 1. The number of pyridine rings is 2. The molecule has 7 nitrogen and oxygen atoms in total. The molecule has 0 atom stereocenters. The molecule has 0 aromatic carbocycles. The number of carboxylic acids is 1. The third-order valence-electron chi connectivity index (χ3n) is 3.87. The molecule has 0 saturated carbocycles. The molecule has 2 aromatic rings. The van der Waals surface area contributed by atoms with Crippen LogP contribution in [0.15, 0.2) is 27.6 Å². The molecule has 0 aliphatic carbocycles. The lowest BCUT2D eigenvalue weighted by molar-refractivity contribution is 0.0364. The fourth-order valence-corrected chi connectivity index (χ4v) is 3.01. The van der Waals surface area contributed by atoms with Crippen molar-refractivity contribution in [1.82, 2.24) is 14.5 Å². The molecule has 0 radical (unpaired) electrons. The molecule has 122 valence electrons. The second kappa shape index (κ2) is 6.77. The van der Waals surface area contributed by atoms with Crippen LogP contribution < -0.4 is 5.56 Å². The van der Waals surface area contributed by atoms with Gasteiger partial charge in [-0.15, -0.1) is 0 Å². The average molecular weight is 382 g/mol. The van der Waals surface area contributed by atoms with Gasteiger partial charge < -0.3 is 9.84 Å². The molecule has 1 fully saturated rings. The van der Waals surface area contributed by atoms with E-state index in [4.69, 9.17) is 4.74 Å². The SMILES string of the molecule is O=C(O)c1cc2cc(Br)cnc2n(CCN2CCOCC2)c1=O. The molecule has 3 rings (SSSR count). The van der Waals surface area contributed by atoms with Gasteiger partial charge in [0.25, 0.3) is 5.56 Å². The van der Waals surface area contributed by atoms with Gasteiger partial charge in [0, 0.05) is 42.2 Å². The molecule has 0 spiro atoms. The molecule has 1 aliphatic rings. The van der Waals surface area contributed by atoms with Crippen molar-refractivity contribution in [3.05, 3.63) is 38.7 Å². The van der Waals surface area contributed by atoms with Crippen LogP contribution in [0, 0.1) is 0 Å². The summed E-state index contributed by atoms with van der Waals surface area (Å²) in [6, 6.07) is 3.14. The van der Waals surface area contributed by atoms with Crippen LogP contribution in [0.3, 0.4) is 0 Å². The summed E-state index contributed by atoms with van der Waals surface area (Å²) < 4.78 is 7.48. The van der Waals surface area contributed by atoms with Crippen molar-refractivity contribution in [2.45, 2.75) is 6.54 Å². The maximum absolute atomic E-state index is 12.5. The van der Waals surface area contributed by atoms with E-state index in [1.165, 1.54) is 10.6 Å². The smallest absolute Gasteiger partial charge is 0.341 e. The average Bonchev–Trinajstić information content (AvgIpc) is 2.54. The lowest BCUT2D eigenvalue weighted by Crippen LogP contribution is -2.39. The maximum Gasteiger partial charge on any atom is 0.341 e. The first-order valence-electron chi connectivity index (χ1n) is 7.29. The zero-order valence-corrected chi connectivity index (χ0v) is 14.0.